The van der Waals surface area contributed by atoms with Crippen LogP contribution in [0.2, 0.25) is 0 Å². The van der Waals surface area contributed by atoms with Gasteiger partial charge in [0.25, 0.3) is 0 Å². The van der Waals surface area contributed by atoms with Crippen LogP contribution in [0.15, 0.2) is 30.3 Å². The fraction of sp³-hybridized carbons (Fsp3) is 0.467. The van der Waals surface area contributed by atoms with Crippen molar-refractivity contribution in [2.75, 3.05) is 19.7 Å². The van der Waals surface area contributed by atoms with Gasteiger partial charge in [-0.25, -0.2) is 4.79 Å². The van der Waals surface area contributed by atoms with E-state index in [4.69, 9.17) is 4.74 Å². The van der Waals surface area contributed by atoms with Crippen LogP contribution in [0.4, 0.5) is 4.79 Å². The molecule has 1 aromatic rings. The standard InChI is InChI=1S/C15H19NO3/c17-14(13-8-4-3-5-9-13)12-19-15(18)16-10-6-1-2-7-11-16/h3-5,8-9H,1-2,6-7,10-12H2. The zero-order valence-corrected chi connectivity index (χ0v) is 11.0. The molecule has 1 heterocycles. The van der Waals surface area contributed by atoms with E-state index < -0.39 is 0 Å². The smallest absolute Gasteiger partial charge is 0.410 e. The van der Waals surface area contributed by atoms with Crippen molar-refractivity contribution in [3.05, 3.63) is 35.9 Å². The Labute approximate surface area is 113 Å². The number of benzene rings is 1. The summed E-state index contributed by atoms with van der Waals surface area (Å²) in [5.41, 5.74) is 0.575. The van der Waals surface area contributed by atoms with E-state index in [0.29, 0.717) is 5.56 Å². The summed E-state index contributed by atoms with van der Waals surface area (Å²) >= 11 is 0. The van der Waals surface area contributed by atoms with E-state index in [1.54, 1.807) is 29.2 Å². The first-order valence-corrected chi connectivity index (χ1v) is 6.77. The summed E-state index contributed by atoms with van der Waals surface area (Å²) in [6.45, 7) is 1.29. The Hall–Kier alpha value is -1.84. The van der Waals surface area contributed by atoms with E-state index in [2.05, 4.69) is 0 Å². The molecular formula is C15H19NO3. The zero-order chi connectivity index (χ0) is 13.5. The van der Waals surface area contributed by atoms with Crippen LogP contribution in [0.5, 0.6) is 0 Å². The number of hydrogen-bond acceptors (Lipinski definition) is 3. The van der Waals surface area contributed by atoms with Crippen LogP contribution in [0.3, 0.4) is 0 Å². The van der Waals surface area contributed by atoms with Crippen molar-refractivity contribution >= 4 is 11.9 Å². The predicted molar refractivity (Wildman–Crippen MR) is 72.2 cm³/mol. The summed E-state index contributed by atoms with van der Waals surface area (Å²) < 4.78 is 5.09. The lowest BCUT2D eigenvalue weighted by atomic mass is 10.1. The molecule has 4 nitrogen and oxygen atoms in total. The highest BCUT2D eigenvalue weighted by Gasteiger charge is 2.18. The van der Waals surface area contributed by atoms with Gasteiger partial charge in [-0.05, 0) is 12.8 Å². The maximum atomic E-state index is 11.8. The van der Waals surface area contributed by atoms with Crippen LogP contribution < -0.4 is 0 Å². The Morgan fingerprint density at radius 2 is 1.63 bits per heavy atom. The third kappa shape index (κ3) is 4.09. The second-order valence-electron chi connectivity index (χ2n) is 4.75. The van der Waals surface area contributed by atoms with Crippen molar-refractivity contribution in [1.82, 2.24) is 4.90 Å². The number of ketones is 1. The summed E-state index contributed by atoms with van der Waals surface area (Å²) in [7, 11) is 0. The number of rotatable bonds is 3. The van der Waals surface area contributed by atoms with Crippen molar-refractivity contribution in [3.63, 3.8) is 0 Å². The summed E-state index contributed by atoms with van der Waals surface area (Å²) in [6, 6.07) is 8.89. The van der Waals surface area contributed by atoms with Crippen molar-refractivity contribution < 1.29 is 14.3 Å². The number of ether oxygens (including phenoxy) is 1. The van der Waals surface area contributed by atoms with Crippen molar-refractivity contribution in [3.8, 4) is 0 Å². The van der Waals surface area contributed by atoms with Crippen LogP contribution in [-0.2, 0) is 4.74 Å². The maximum Gasteiger partial charge on any atom is 0.410 e. The third-order valence-corrected chi connectivity index (χ3v) is 3.29. The molecule has 0 saturated carbocycles. The lowest BCUT2D eigenvalue weighted by Crippen LogP contribution is -2.33. The monoisotopic (exact) mass is 261 g/mol. The number of Topliss-reactive ketones (excluding diaryl/α,β-unsaturated/α-hetero) is 1. The third-order valence-electron chi connectivity index (χ3n) is 3.29. The van der Waals surface area contributed by atoms with Gasteiger partial charge in [0, 0.05) is 18.7 Å². The van der Waals surface area contributed by atoms with Crippen LogP contribution in [0.1, 0.15) is 36.0 Å². The Morgan fingerprint density at radius 3 is 2.26 bits per heavy atom. The molecule has 4 heteroatoms. The molecule has 19 heavy (non-hydrogen) atoms. The highest BCUT2D eigenvalue weighted by molar-refractivity contribution is 5.97. The van der Waals surface area contributed by atoms with E-state index in [-0.39, 0.29) is 18.5 Å². The Bertz CT molecular complexity index is 422. The molecule has 0 atom stereocenters. The van der Waals surface area contributed by atoms with Crippen LogP contribution in [0, 0.1) is 0 Å². The van der Waals surface area contributed by atoms with E-state index in [9.17, 15) is 9.59 Å². The fourth-order valence-electron chi connectivity index (χ4n) is 2.18. The average molecular weight is 261 g/mol. The number of hydrogen-bond donors (Lipinski definition) is 0. The number of amides is 1. The van der Waals surface area contributed by atoms with Gasteiger partial charge in [0.05, 0.1) is 0 Å². The number of likely N-dealkylation sites (tertiary alicyclic amines) is 1. The van der Waals surface area contributed by atoms with Gasteiger partial charge in [-0.15, -0.1) is 0 Å². The molecule has 1 fully saturated rings. The fourth-order valence-corrected chi connectivity index (χ4v) is 2.18. The predicted octanol–water partition coefficient (Wildman–Crippen LogP) is 2.88. The number of carbonyl (C=O) groups is 2. The molecule has 0 spiro atoms. The summed E-state index contributed by atoms with van der Waals surface area (Å²) in [5.74, 6) is -0.163. The minimum Gasteiger partial charge on any atom is -0.441 e. The Morgan fingerprint density at radius 1 is 1.00 bits per heavy atom. The van der Waals surface area contributed by atoms with Crippen LogP contribution in [-0.4, -0.2) is 36.5 Å². The number of carbonyl (C=O) groups excluding carboxylic acids is 2. The Balaban J connectivity index is 1.81. The normalized spacial score (nSPS) is 15.7. The summed E-state index contributed by atoms with van der Waals surface area (Å²) in [5, 5.41) is 0. The van der Waals surface area contributed by atoms with Gasteiger partial charge < -0.3 is 9.64 Å². The topological polar surface area (TPSA) is 46.6 Å². The first-order valence-electron chi connectivity index (χ1n) is 6.77. The van der Waals surface area contributed by atoms with Crippen molar-refractivity contribution in [2.45, 2.75) is 25.7 Å². The molecule has 0 unspecified atom stereocenters. The SMILES string of the molecule is O=C(COC(=O)N1CCCCCC1)c1ccccc1. The largest absolute Gasteiger partial charge is 0.441 e. The summed E-state index contributed by atoms with van der Waals surface area (Å²) in [6.07, 6.45) is 3.98. The quantitative estimate of drug-likeness (QED) is 0.786. The molecule has 102 valence electrons. The molecule has 0 aromatic heterocycles. The first-order chi connectivity index (χ1) is 9.27. The van der Waals surface area contributed by atoms with Gasteiger partial charge in [-0.2, -0.15) is 0 Å². The van der Waals surface area contributed by atoms with Crippen molar-refractivity contribution in [2.24, 2.45) is 0 Å². The van der Waals surface area contributed by atoms with Gasteiger partial charge >= 0.3 is 6.09 Å². The molecule has 0 bridgehead atoms. The minimum atomic E-state index is -0.369. The maximum absolute atomic E-state index is 11.8. The molecular weight excluding hydrogens is 242 g/mol. The van der Waals surface area contributed by atoms with Crippen LogP contribution >= 0.6 is 0 Å². The zero-order valence-electron chi connectivity index (χ0n) is 11.0. The van der Waals surface area contributed by atoms with Crippen LogP contribution in [0.25, 0.3) is 0 Å². The first kappa shape index (κ1) is 13.6. The molecule has 1 aliphatic rings. The molecule has 1 amide bonds. The number of nitrogens with zero attached hydrogens (tertiary/aromatic N) is 1. The Kier molecular flexibility index (Phi) is 4.95. The van der Waals surface area contributed by atoms with Gasteiger partial charge in [-0.1, -0.05) is 43.2 Å². The molecule has 0 aliphatic carbocycles. The molecule has 2 rings (SSSR count). The van der Waals surface area contributed by atoms with E-state index in [1.807, 2.05) is 6.07 Å². The lowest BCUT2D eigenvalue weighted by molar-refractivity contribution is 0.0755. The van der Waals surface area contributed by atoms with E-state index in [0.717, 1.165) is 38.8 Å². The van der Waals surface area contributed by atoms with Gasteiger partial charge in [-0.3, -0.25) is 4.79 Å². The molecule has 0 N–H and O–H groups in total. The van der Waals surface area contributed by atoms with Gasteiger partial charge in [0.15, 0.2) is 12.4 Å². The molecule has 1 aliphatic heterocycles. The second kappa shape index (κ2) is 6.92. The molecule has 1 saturated heterocycles. The van der Waals surface area contributed by atoms with Crippen molar-refractivity contribution in [1.29, 1.82) is 0 Å². The average Bonchev–Trinajstić information content (AvgIpc) is 2.74. The second-order valence-corrected chi connectivity index (χ2v) is 4.75. The molecule has 1 aromatic carbocycles. The minimum absolute atomic E-state index is 0.163. The van der Waals surface area contributed by atoms with E-state index in [1.165, 1.54) is 0 Å². The van der Waals surface area contributed by atoms with E-state index >= 15 is 0 Å². The highest BCUT2D eigenvalue weighted by atomic mass is 16.6. The van der Waals surface area contributed by atoms with Gasteiger partial charge in [0.2, 0.25) is 0 Å². The summed E-state index contributed by atoms with van der Waals surface area (Å²) in [4.78, 5) is 25.3. The molecule has 0 radical (unpaired) electrons. The highest BCUT2D eigenvalue weighted by Crippen LogP contribution is 2.11. The lowest BCUT2D eigenvalue weighted by Gasteiger charge is -2.19. The van der Waals surface area contributed by atoms with Gasteiger partial charge in [0.1, 0.15) is 0 Å².